The average molecular weight is 246 g/mol. The Morgan fingerprint density at radius 1 is 1.50 bits per heavy atom. The summed E-state index contributed by atoms with van der Waals surface area (Å²) in [6.45, 7) is 2.27. The van der Waals surface area contributed by atoms with Gasteiger partial charge in [0.2, 0.25) is 0 Å². The minimum Gasteiger partial charge on any atom is -0.478 e. The fourth-order valence-electron chi connectivity index (χ4n) is 1.62. The van der Waals surface area contributed by atoms with Crippen molar-refractivity contribution in [2.24, 2.45) is 7.05 Å². The summed E-state index contributed by atoms with van der Waals surface area (Å²) in [5.74, 6) is -0.417. The summed E-state index contributed by atoms with van der Waals surface area (Å²) in [7, 11) is 1.84. The number of aromatic carboxylic acids is 1. The number of carbonyl (C=O) groups is 1. The van der Waals surface area contributed by atoms with E-state index in [-0.39, 0.29) is 5.56 Å². The zero-order chi connectivity index (χ0) is 13.1. The van der Waals surface area contributed by atoms with Crippen LogP contribution in [0.3, 0.4) is 0 Å². The van der Waals surface area contributed by atoms with E-state index < -0.39 is 5.97 Å². The molecule has 0 unspecified atom stereocenters. The Balaban J connectivity index is 2.11. The van der Waals surface area contributed by atoms with Crippen LogP contribution in [0.4, 0.5) is 5.82 Å². The fraction of sp³-hybridized carbons (Fsp3) is 0.250. The molecule has 94 valence electrons. The summed E-state index contributed by atoms with van der Waals surface area (Å²) >= 11 is 0. The van der Waals surface area contributed by atoms with Gasteiger partial charge in [0.1, 0.15) is 5.82 Å². The van der Waals surface area contributed by atoms with E-state index in [0.29, 0.717) is 18.1 Å². The van der Waals surface area contributed by atoms with Crippen LogP contribution in [-0.2, 0) is 13.6 Å². The zero-order valence-corrected chi connectivity index (χ0v) is 10.2. The number of anilines is 1. The lowest BCUT2D eigenvalue weighted by molar-refractivity contribution is 0.0696. The number of carboxylic acid groups (broad SMARTS) is 1. The fourth-order valence-corrected chi connectivity index (χ4v) is 1.62. The molecule has 2 aromatic rings. The molecule has 0 aliphatic heterocycles. The van der Waals surface area contributed by atoms with Crippen LogP contribution in [0.5, 0.6) is 0 Å². The first kappa shape index (κ1) is 12.1. The van der Waals surface area contributed by atoms with Crippen molar-refractivity contribution in [1.29, 1.82) is 0 Å². The molecule has 2 heterocycles. The Hall–Kier alpha value is -2.37. The molecular formula is C12H14N4O2. The number of rotatable bonds is 4. The Morgan fingerprint density at radius 2 is 2.28 bits per heavy atom. The highest BCUT2D eigenvalue weighted by Crippen LogP contribution is 2.11. The number of nitrogens with zero attached hydrogens (tertiary/aromatic N) is 3. The van der Waals surface area contributed by atoms with Crippen molar-refractivity contribution in [3.05, 3.63) is 41.3 Å². The topological polar surface area (TPSA) is 80.0 Å². The maximum absolute atomic E-state index is 10.9. The third-order valence-corrected chi connectivity index (χ3v) is 2.42. The first-order valence-corrected chi connectivity index (χ1v) is 5.49. The number of hydrogen-bond donors (Lipinski definition) is 2. The van der Waals surface area contributed by atoms with Gasteiger partial charge in [-0.3, -0.25) is 4.68 Å². The molecule has 0 bridgehead atoms. The molecule has 0 spiro atoms. The first-order chi connectivity index (χ1) is 8.54. The number of pyridine rings is 1. The van der Waals surface area contributed by atoms with Crippen LogP contribution in [0, 0.1) is 6.92 Å². The first-order valence-electron chi connectivity index (χ1n) is 5.49. The summed E-state index contributed by atoms with van der Waals surface area (Å²) in [5, 5.41) is 16.2. The van der Waals surface area contributed by atoms with Crippen LogP contribution >= 0.6 is 0 Å². The van der Waals surface area contributed by atoms with Gasteiger partial charge in [-0.2, -0.15) is 5.10 Å². The van der Waals surface area contributed by atoms with Gasteiger partial charge in [-0.15, -0.1) is 0 Å². The van der Waals surface area contributed by atoms with E-state index in [4.69, 9.17) is 5.11 Å². The molecule has 6 heteroatoms. The lowest BCUT2D eigenvalue weighted by Crippen LogP contribution is -2.06. The third-order valence-electron chi connectivity index (χ3n) is 2.42. The van der Waals surface area contributed by atoms with E-state index in [0.717, 1.165) is 5.69 Å². The standard InChI is InChI=1S/C12H14N4O2/c1-8-5-9(12(17)18)6-11(14-8)13-7-10-3-4-16(2)15-10/h3-6H,7H2,1-2H3,(H,13,14)(H,17,18). The van der Waals surface area contributed by atoms with Crippen LogP contribution in [0.25, 0.3) is 0 Å². The maximum atomic E-state index is 10.9. The van der Waals surface area contributed by atoms with Gasteiger partial charge in [0, 0.05) is 18.9 Å². The van der Waals surface area contributed by atoms with E-state index in [2.05, 4.69) is 15.4 Å². The van der Waals surface area contributed by atoms with Crippen molar-refractivity contribution in [2.45, 2.75) is 13.5 Å². The van der Waals surface area contributed by atoms with Gasteiger partial charge in [0.15, 0.2) is 0 Å². The van der Waals surface area contributed by atoms with Crippen LogP contribution in [-0.4, -0.2) is 25.8 Å². The number of aryl methyl sites for hydroxylation is 2. The number of hydrogen-bond acceptors (Lipinski definition) is 4. The van der Waals surface area contributed by atoms with Crippen molar-refractivity contribution >= 4 is 11.8 Å². The quantitative estimate of drug-likeness (QED) is 0.853. The molecule has 0 fully saturated rings. The van der Waals surface area contributed by atoms with Gasteiger partial charge < -0.3 is 10.4 Å². The van der Waals surface area contributed by atoms with E-state index in [1.807, 2.05) is 19.3 Å². The van der Waals surface area contributed by atoms with Crippen molar-refractivity contribution in [2.75, 3.05) is 5.32 Å². The van der Waals surface area contributed by atoms with Crippen molar-refractivity contribution in [3.63, 3.8) is 0 Å². The monoisotopic (exact) mass is 246 g/mol. The van der Waals surface area contributed by atoms with Gasteiger partial charge in [0.25, 0.3) is 0 Å². The summed E-state index contributed by atoms with van der Waals surface area (Å²) in [4.78, 5) is 15.1. The normalized spacial score (nSPS) is 10.3. The van der Waals surface area contributed by atoms with Crippen LogP contribution < -0.4 is 5.32 Å². The Bertz CT molecular complexity index is 577. The third kappa shape index (κ3) is 2.85. The molecule has 0 aromatic carbocycles. The number of carboxylic acids is 1. The van der Waals surface area contributed by atoms with Crippen LogP contribution in [0.2, 0.25) is 0 Å². The summed E-state index contributed by atoms with van der Waals surface area (Å²) in [6, 6.07) is 4.94. The van der Waals surface area contributed by atoms with E-state index in [1.54, 1.807) is 11.6 Å². The Labute approximate surface area is 104 Å². The molecule has 18 heavy (non-hydrogen) atoms. The van der Waals surface area contributed by atoms with E-state index in [9.17, 15) is 4.79 Å². The molecule has 6 nitrogen and oxygen atoms in total. The predicted octanol–water partition coefficient (Wildman–Crippen LogP) is 1.43. The minimum absolute atomic E-state index is 0.228. The molecule has 2 rings (SSSR count). The second-order valence-electron chi connectivity index (χ2n) is 4.02. The number of nitrogens with one attached hydrogen (secondary N) is 1. The summed E-state index contributed by atoms with van der Waals surface area (Å²) in [6.07, 6.45) is 1.85. The van der Waals surface area contributed by atoms with Gasteiger partial charge in [-0.05, 0) is 25.1 Å². The number of aromatic nitrogens is 3. The van der Waals surface area contributed by atoms with Crippen molar-refractivity contribution < 1.29 is 9.90 Å². The van der Waals surface area contributed by atoms with Gasteiger partial charge >= 0.3 is 5.97 Å². The predicted molar refractivity (Wildman–Crippen MR) is 66.5 cm³/mol. The second kappa shape index (κ2) is 4.87. The molecule has 2 N–H and O–H groups in total. The molecule has 0 atom stereocenters. The zero-order valence-electron chi connectivity index (χ0n) is 10.2. The van der Waals surface area contributed by atoms with Crippen molar-refractivity contribution in [3.8, 4) is 0 Å². The lowest BCUT2D eigenvalue weighted by Gasteiger charge is -2.06. The molecule has 0 radical (unpaired) electrons. The summed E-state index contributed by atoms with van der Waals surface area (Å²) in [5.41, 5.74) is 1.77. The van der Waals surface area contributed by atoms with Gasteiger partial charge in [-0.25, -0.2) is 9.78 Å². The van der Waals surface area contributed by atoms with Crippen molar-refractivity contribution in [1.82, 2.24) is 14.8 Å². The average Bonchev–Trinajstić information content (AvgIpc) is 2.72. The smallest absolute Gasteiger partial charge is 0.335 e. The lowest BCUT2D eigenvalue weighted by atomic mass is 10.2. The van der Waals surface area contributed by atoms with E-state index >= 15 is 0 Å². The molecule has 0 saturated carbocycles. The Kier molecular flexibility index (Phi) is 3.27. The SMILES string of the molecule is Cc1cc(C(=O)O)cc(NCc2ccn(C)n2)n1. The largest absolute Gasteiger partial charge is 0.478 e. The molecular weight excluding hydrogens is 232 g/mol. The highest BCUT2D eigenvalue weighted by Gasteiger charge is 2.06. The highest BCUT2D eigenvalue weighted by molar-refractivity contribution is 5.88. The Morgan fingerprint density at radius 3 is 2.89 bits per heavy atom. The van der Waals surface area contributed by atoms with Gasteiger partial charge in [-0.1, -0.05) is 0 Å². The molecule has 0 saturated heterocycles. The van der Waals surface area contributed by atoms with Crippen LogP contribution in [0.1, 0.15) is 21.7 Å². The van der Waals surface area contributed by atoms with E-state index in [1.165, 1.54) is 12.1 Å². The second-order valence-corrected chi connectivity index (χ2v) is 4.02. The molecule has 0 aliphatic carbocycles. The highest BCUT2D eigenvalue weighted by atomic mass is 16.4. The maximum Gasteiger partial charge on any atom is 0.335 e. The van der Waals surface area contributed by atoms with Crippen LogP contribution in [0.15, 0.2) is 24.4 Å². The summed E-state index contributed by atoms with van der Waals surface area (Å²) < 4.78 is 1.71. The molecule has 2 aromatic heterocycles. The van der Waals surface area contributed by atoms with Gasteiger partial charge in [0.05, 0.1) is 17.8 Å². The minimum atomic E-state index is -0.957. The molecule has 0 amide bonds. The molecule has 0 aliphatic rings.